The minimum absolute atomic E-state index is 0.127. The molecule has 3 rings (SSSR count). The molecule has 0 aliphatic rings. The van der Waals surface area contributed by atoms with Crippen LogP contribution in [0.15, 0.2) is 49.1 Å². The molecule has 1 aromatic carbocycles. The van der Waals surface area contributed by atoms with Crippen LogP contribution in [-0.2, 0) is 26.2 Å². The second-order valence-electron chi connectivity index (χ2n) is 6.07. The Morgan fingerprint density at radius 3 is 1.54 bits per heavy atom. The fourth-order valence-electron chi connectivity index (χ4n) is 2.92. The van der Waals surface area contributed by atoms with Crippen molar-refractivity contribution in [3.63, 3.8) is 0 Å². The summed E-state index contributed by atoms with van der Waals surface area (Å²) in [6.07, 6.45) is 8.00. The summed E-state index contributed by atoms with van der Waals surface area (Å²) in [7, 11) is 0. The van der Waals surface area contributed by atoms with Gasteiger partial charge in [0.2, 0.25) is 0 Å². The van der Waals surface area contributed by atoms with E-state index in [2.05, 4.69) is 64.6 Å². The average Bonchev–Trinajstić information content (AvgIpc) is 3.14. The van der Waals surface area contributed by atoms with Crippen molar-refractivity contribution < 1.29 is 10.2 Å². The van der Waals surface area contributed by atoms with E-state index in [9.17, 15) is 0 Å². The molecule has 2 aromatic heterocycles. The maximum absolute atomic E-state index is 9.11. The Labute approximate surface area is 167 Å². The van der Waals surface area contributed by atoms with Crippen molar-refractivity contribution in [2.45, 2.75) is 26.2 Å². The minimum atomic E-state index is 0.127. The Morgan fingerprint density at radius 2 is 1.12 bits per heavy atom. The van der Waals surface area contributed by atoms with E-state index in [-0.39, 0.29) is 13.2 Å². The van der Waals surface area contributed by atoms with Crippen LogP contribution in [0, 0.1) is 8.65 Å². The van der Waals surface area contributed by atoms with E-state index in [0.717, 1.165) is 21.7 Å². The van der Waals surface area contributed by atoms with Crippen LogP contribution in [0.4, 0.5) is 0 Å². The number of imidazole rings is 2. The molecular formula is C18H22N4O2Se2. The Balaban J connectivity index is 1.76. The molecule has 0 aliphatic carbocycles. The van der Waals surface area contributed by atoms with Crippen LogP contribution in [0.3, 0.4) is 0 Å². The van der Waals surface area contributed by atoms with Gasteiger partial charge in [0, 0.05) is 0 Å². The molecule has 0 unspecified atom stereocenters. The van der Waals surface area contributed by atoms with E-state index in [4.69, 9.17) is 10.2 Å². The van der Waals surface area contributed by atoms with Crippen molar-refractivity contribution in [3.8, 4) is 0 Å². The van der Waals surface area contributed by atoms with Gasteiger partial charge in [-0.05, 0) is 0 Å². The van der Waals surface area contributed by atoms with Gasteiger partial charge in [-0.15, -0.1) is 0 Å². The Kier molecular flexibility index (Phi) is 6.70. The molecule has 3 aromatic rings. The van der Waals surface area contributed by atoms with Gasteiger partial charge in [-0.1, -0.05) is 0 Å². The zero-order valence-electron chi connectivity index (χ0n) is 14.4. The van der Waals surface area contributed by atoms with Crippen LogP contribution in [-0.4, -0.2) is 72.8 Å². The Bertz CT molecular complexity index is 908. The third-order valence-corrected chi connectivity index (χ3v) is 6.18. The van der Waals surface area contributed by atoms with E-state index in [0.29, 0.717) is 13.1 Å². The van der Waals surface area contributed by atoms with Gasteiger partial charge in [-0.2, -0.15) is 0 Å². The predicted molar refractivity (Wildman–Crippen MR) is 102 cm³/mol. The topological polar surface area (TPSA) is 60.2 Å². The van der Waals surface area contributed by atoms with Crippen LogP contribution in [0.2, 0.25) is 0 Å². The second-order valence-corrected chi connectivity index (χ2v) is 7.60. The van der Waals surface area contributed by atoms with E-state index < -0.39 is 0 Å². The van der Waals surface area contributed by atoms with E-state index in [1.54, 1.807) is 0 Å². The number of aliphatic hydroxyl groups is 2. The van der Waals surface area contributed by atoms with Crippen molar-refractivity contribution in [2.24, 2.45) is 0 Å². The molecule has 0 bridgehead atoms. The normalized spacial score (nSPS) is 11.2. The third-order valence-electron chi connectivity index (χ3n) is 4.21. The summed E-state index contributed by atoms with van der Waals surface area (Å²) in [6.45, 7) is 2.98. The van der Waals surface area contributed by atoms with Gasteiger partial charge in [0.05, 0.1) is 0 Å². The van der Waals surface area contributed by atoms with Gasteiger partial charge in [0.1, 0.15) is 0 Å². The van der Waals surface area contributed by atoms with E-state index in [1.165, 1.54) is 11.1 Å². The zero-order valence-corrected chi connectivity index (χ0v) is 17.8. The molecule has 6 nitrogen and oxygen atoms in total. The molecule has 0 aliphatic heterocycles. The first-order valence-electron chi connectivity index (χ1n) is 8.43. The zero-order chi connectivity index (χ0) is 18.5. The molecule has 0 saturated carbocycles. The standard InChI is InChI=1S/C18H22N4O2Se2/c23-10-8-19-4-6-21(17(19)25)13-15-2-1-3-16(12-15)14-22-7-5-20(9-11-24)18(22)26/h1-7,12,23-24H,8-11,13-14H2. The quantitative estimate of drug-likeness (QED) is 0.455. The van der Waals surface area contributed by atoms with Crippen LogP contribution in [0.5, 0.6) is 0 Å². The monoisotopic (exact) mass is 486 g/mol. The number of aliphatic hydroxyl groups excluding tert-OH is 2. The van der Waals surface area contributed by atoms with Crippen LogP contribution < -0.4 is 0 Å². The van der Waals surface area contributed by atoms with Crippen LogP contribution in [0.1, 0.15) is 11.1 Å². The Morgan fingerprint density at radius 1 is 0.692 bits per heavy atom. The van der Waals surface area contributed by atoms with Gasteiger partial charge in [0.25, 0.3) is 0 Å². The average molecular weight is 484 g/mol. The maximum atomic E-state index is 9.11. The van der Waals surface area contributed by atoms with Crippen molar-refractivity contribution in [3.05, 3.63) is 68.8 Å². The SMILES string of the molecule is OCCn1ccn(Cc2cccc(Cn3ccn(CCO)c3=[Se])c2)c1=[Se]. The number of nitrogens with zero attached hydrogens (tertiary/aromatic N) is 4. The van der Waals surface area contributed by atoms with Gasteiger partial charge in [0.15, 0.2) is 0 Å². The summed E-state index contributed by atoms with van der Waals surface area (Å²) >= 11 is 6.17. The van der Waals surface area contributed by atoms with Gasteiger partial charge in [-0.3, -0.25) is 0 Å². The molecular weight excluding hydrogens is 462 g/mol. The molecule has 0 radical (unpaired) electrons. The fourth-order valence-corrected chi connectivity index (χ4v) is 4.09. The summed E-state index contributed by atoms with van der Waals surface area (Å²) < 4.78 is 10.3. The molecule has 0 spiro atoms. The van der Waals surface area contributed by atoms with Gasteiger partial charge < -0.3 is 0 Å². The molecule has 0 atom stereocenters. The molecule has 8 heteroatoms. The first-order chi connectivity index (χ1) is 12.6. The van der Waals surface area contributed by atoms with Crippen LogP contribution >= 0.6 is 0 Å². The molecule has 0 saturated heterocycles. The summed E-state index contributed by atoms with van der Waals surface area (Å²) in [4.78, 5) is 0. The van der Waals surface area contributed by atoms with Crippen LogP contribution in [0.25, 0.3) is 0 Å². The molecule has 2 heterocycles. The predicted octanol–water partition coefficient (Wildman–Crippen LogP) is 0.375. The molecule has 26 heavy (non-hydrogen) atoms. The van der Waals surface area contributed by atoms with Gasteiger partial charge >= 0.3 is 168 Å². The molecule has 0 amide bonds. The Hall–Kier alpha value is -1.40. The first kappa shape index (κ1) is 19.4. The van der Waals surface area contributed by atoms with Crippen molar-refractivity contribution in [1.82, 2.24) is 18.3 Å². The molecule has 0 fully saturated rings. The molecule has 138 valence electrons. The summed E-state index contributed by atoms with van der Waals surface area (Å²) in [5, 5.41) is 18.2. The second kappa shape index (κ2) is 9.00. The van der Waals surface area contributed by atoms with Gasteiger partial charge in [-0.25, -0.2) is 0 Å². The fraction of sp³-hybridized carbons (Fsp3) is 0.333. The summed E-state index contributed by atoms with van der Waals surface area (Å²) in [6, 6.07) is 8.55. The van der Waals surface area contributed by atoms with Crippen molar-refractivity contribution in [1.29, 1.82) is 0 Å². The first-order valence-corrected chi connectivity index (χ1v) is 10.1. The number of aromatic nitrogens is 4. The van der Waals surface area contributed by atoms with E-state index in [1.807, 2.05) is 33.9 Å². The van der Waals surface area contributed by atoms with E-state index >= 15 is 0 Å². The van der Waals surface area contributed by atoms with Crippen molar-refractivity contribution in [2.75, 3.05) is 13.2 Å². The number of hydrogen-bond acceptors (Lipinski definition) is 2. The molecule has 2 N–H and O–H groups in total. The van der Waals surface area contributed by atoms with Crippen molar-refractivity contribution >= 4 is 31.2 Å². The summed E-state index contributed by atoms with van der Waals surface area (Å²) in [5.74, 6) is 0. The number of benzene rings is 1. The third kappa shape index (κ3) is 4.46. The number of hydrogen-bond donors (Lipinski definition) is 2. The summed E-state index contributed by atoms with van der Waals surface area (Å²) in [5.41, 5.74) is 2.45. The number of rotatable bonds is 8.